The molecular formula is C23H30N4O. The van der Waals surface area contributed by atoms with Crippen molar-refractivity contribution in [3.05, 3.63) is 41.7 Å². The average molecular weight is 379 g/mol. The minimum atomic E-state index is -0.0361. The fourth-order valence-electron chi connectivity index (χ4n) is 6.41. The Balaban J connectivity index is 1.32. The Morgan fingerprint density at radius 2 is 1.68 bits per heavy atom. The van der Waals surface area contributed by atoms with Crippen LogP contribution in [0.2, 0.25) is 0 Å². The van der Waals surface area contributed by atoms with Crippen molar-refractivity contribution in [1.82, 2.24) is 9.78 Å². The van der Waals surface area contributed by atoms with Gasteiger partial charge < -0.3 is 10.6 Å². The highest BCUT2D eigenvalue weighted by Gasteiger charge is 2.51. The molecule has 4 bridgehead atoms. The Morgan fingerprint density at radius 3 is 2.25 bits per heavy atom. The number of carbonyl (C=O) groups excluding carboxylic acids is 1. The molecule has 5 heteroatoms. The molecule has 0 atom stereocenters. The van der Waals surface area contributed by atoms with Crippen molar-refractivity contribution in [3.63, 3.8) is 0 Å². The van der Waals surface area contributed by atoms with Crippen molar-refractivity contribution in [2.75, 3.05) is 10.6 Å². The molecule has 0 spiro atoms. The SMILES string of the molecule is Cc1cc(C)n(CC(=O)Nc2ccccc2NC23CC4CC(CC(C4)C2)C3)n1. The molecule has 28 heavy (non-hydrogen) atoms. The first kappa shape index (κ1) is 17.8. The summed E-state index contributed by atoms with van der Waals surface area (Å²) in [5.41, 5.74) is 4.11. The molecule has 2 aromatic rings. The predicted molar refractivity (Wildman–Crippen MR) is 111 cm³/mol. The highest BCUT2D eigenvalue weighted by Crippen LogP contribution is 2.56. The lowest BCUT2D eigenvalue weighted by Crippen LogP contribution is -2.54. The summed E-state index contributed by atoms with van der Waals surface area (Å²) in [7, 11) is 0. The molecule has 4 aliphatic rings. The third-order valence-corrected chi connectivity index (χ3v) is 7.04. The van der Waals surface area contributed by atoms with Crippen molar-refractivity contribution in [3.8, 4) is 0 Å². The molecule has 1 amide bonds. The van der Waals surface area contributed by atoms with E-state index in [0.29, 0.717) is 0 Å². The Bertz CT molecular complexity index is 864. The van der Waals surface area contributed by atoms with Crippen LogP contribution in [0.5, 0.6) is 0 Å². The van der Waals surface area contributed by atoms with E-state index in [4.69, 9.17) is 0 Å². The Morgan fingerprint density at radius 1 is 1.07 bits per heavy atom. The molecule has 148 valence electrons. The van der Waals surface area contributed by atoms with Crippen molar-refractivity contribution >= 4 is 17.3 Å². The van der Waals surface area contributed by atoms with E-state index in [1.54, 1.807) is 4.68 Å². The minimum Gasteiger partial charge on any atom is -0.378 e. The number of nitrogens with zero attached hydrogens (tertiary/aromatic N) is 2. The smallest absolute Gasteiger partial charge is 0.246 e. The van der Waals surface area contributed by atoms with Crippen LogP contribution in [-0.2, 0) is 11.3 Å². The average Bonchev–Trinajstić information content (AvgIpc) is 2.92. The molecule has 0 radical (unpaired) electrons. The van der Waals surface area contributed by atoms with Gasteiger partial charge in [-0.3, -0.25) is 9.48 Å². The van der Waals surface area contributed by atoms with E-state index in [-0.39, 0.29) is 18.0 Å². The number of hydrogen-bond acceptors (Lipinski definition) is 3. The molecule has 0 unspecified atom stereocenters. The van der Waals surface area contributed by atoms with Crippen LogP contribution in [0.1, 0.15) is 49.9 Å². The second kappa shape index (κ2) is 6.64. The molecule has 1 aromatic heterocycles. The fraction of sp³-hybridized carbons (Fsp3) is 0.565. The van der Waals surface area contributed by atoms with E-state index in [2.05, 4.69) is 27.9 Å². The van der Waals surface area contributed by atoms with Gasteiger partial charge in [0.25, 0.3) is 0 Å². The van der Waals surface area contributed by atoms with Gasteiger partial charge in [-0.1, -0.05) is 12.1 Å². The molecule has 4 fully saturated rings. The van der Waals surface area contributed by atoms with Crippen LogP contribution in [0.4, 0.5) is 11.4 Å². The van der Waals surface area contributed by atoms with Crippen molar-refractivity contribution in [2.24, 2.45) is 17.8 Å². The van der Waals surface area contributed by atoms with Crippen LogP contribution in [0.25, 0.3) is 0 Å². The maximum atomic E-state index is 12.7. The van der Waals surface area contributed by atoms with Gasteiger partial charge in [0.15, 0.2) is 0 Å². The van der Waals surface area contributed by atoms with Gasteiger partial charge in [-0.15, -0.1) is 0 Å². The number of carbonyl (C=O) groups is 1. The summed E-state index contributed by atoms with van der Waals surface area (Å²) in [6, 6.07) is 10.2. The standard InChI is InChI=1S/C23H30N4O/c1-15-7-16(2)27(26-15)14-22(28)24-20-5-3-4-6-21(20)25-23-11-17-8-18(12-23)10-19(9-17)13-23/h3-7,17-19,25H,8-14H2,1-2H3,(H,24,28). The number of rotatable bonds is 5. The number of nitrogens with one attached hydrogen (secondary N) is 2. The highest BCUT2D eigenvalue weighted by atomic mass is 16.2. The van der Waals surface area contributed by atoms with Crippen molar-refractivity contribution in [1.29, 1.82) is 0 Å². The lowest BCUT2D eigenvalue weighted by atomic mass is 9.53. The van der Waals surface area contributed by atoms with Crippen LogP contribution in [0.3, 0.4) is 0 Å². The summed E-state index contributed by atoms with van der Waals surface area (Å²) in [6.07, 6.45) is 8.15. The molecule has 4 aliphatic carbocycles. The fourth-order valence-corrected chi connectivity index (χ4v) is 6.41. The first-order valence-corrected chi connectivity index (χ1v) is 10.7. The summed E-state index contributed by atoms with van der Waals surface area (Å²) in [5.74, 6) is 2.65. The second-order valence-corrected chi connectivity index (χ2v) is 9.50. The zero-order valence-electron chi connectivity index (χ0n) is 16.9. The molecule has 0 aliphatic heterocycles. The van der Waals surface area contributed by atoms with Crippen LogP contribution in [-0.4, -0.2) is 21.2 Å². The van der Waals surface area contributed by atoms with E-state index in [9.17, 15) is 4.79 Å². The number of anilines is 2. The zero-order chi connectivity index (χ0) is 19.3. The third-order valence-electron chi connectivity index (χ3n) is 7.04. The largest absolute Gasteiger partial charge is 0.378 e. The lowest BCUT2D eigenvalue weighted by Gasteiger charge is -2.57. The molecular weight excluding hydrogens is 348 g/mol. The van der Waals surface area contributed by atoms with Gasteiger partial charge in [0.05, 0.1) is 17.1 Å². The van der Waals surface area contributed by atoms with E-state index < -0.39 is 0 Å². The van der Waals surface area contributed by atoms with Crippen LogP contribution >= 0.6 is 0 Å². The van der Waals surface area contributed by atoms with Gasteiger partial charge in [-0.2, -0.15) is 5.10 Å². The Hall–Kier alpha value is -2.30. The maximum absolute atomic E-state index is 12.7. The summed E-state index contributed by atoms with van der Waals surface area (Å²) in [5, 5.41) is 11.4. The van der Waals surface area contributed by atoms with Crippen LogP contribution < -0.4 is 10.6 Å². The van der Waals surface area contributed by atoms with Crippen molar-refractivity contribution < 1.29 is 4.79 Å². The number of aromatic nitrogens is 2. The quantitative estimate of drug-likeness (QED) is 0.804. The first-order chi connectivity index (χ1) is 13.5. The number of amides is 1. The molecule has 1 aromatic carbocycles. The maximum Gasteiger partial charge on any atom is 0.246 e. The summed E-state index contributed by atoms with van der Waals surface area (Å²) in [4.78, 5) is 12.7. The van der Waals surface area contributed by atoms with Gasteiger partial charge in [0, 0.05) is 11.2 Å². The molecule has 5 nitrogen and oxygen atoms in total. The van der Waals surface area contributed by atoms with E-state index in [0.717, 1.165) is 40.5 Å². The molecule has 2 N–H and O–H groups in total. The number of hydrogen-bond donors (Lipinski definition) is 2. The van der Waals surface area contributed by atoms with Gasteiger partial charge >= 0.3 is 0 Å². The molecule has 1 heterocycles. The second-order valence-electron chi connectivity index (χ2n) is 9.50. The minimum absolute atomic E-state index is 0.0361. The third kappa shape index (κ3) is 3.31. The van der Waals surface area contributed by atoms with Gasteiger partial charge in [-0.25, -0.2) is 0 Å². The van der Waals surface area contributed by atoms with Crippen molar-refractivity contribution in [2.45, 2.75) is 64.5 Å². The zero-order valence-corrected chi connectivity index (χ0v) is 16.9. The topological polar surface area (TPSA) is 59.0 Å². The number of benzene rings is 1. The van der Waals surface area contributed by atoms with Crippen LogP contribution in [0, 0.1) is 31.6 Å². The number of para-hydroxylation sites is 2. The Labute approximate surface area is 166 Å². The highest BCUT2D eigenvalue weighted by molar-refractivity contribution is 5.94. The lowest BCUT2D eigenvalue weighted by molar-refractivity contribution is -0.116. The molecule has 0 saturated heterocycles. The normalized spacial score (nSPS) is 30.4. The van der Waals surface area contributed by atoms with Crippen LogP contribution in [0.15, 0.2) is 30.3 Å². The van der Waals surface area contributed by atoms with Gasteiger partial charge in [0.1, 0.15) is 6.54 Å². The Kier molecular flexibility index (Phi) is 4.22. The summed E-state index contributed by atoms with van der Waals surface area (Å²) < 4.78 is 1.76. The summed E-state index contributed by atoms with van der Waals surface area (Å²) in [6.45, 7) is 4.17. The van der Waals surface area contributed by atoms with E-state index in [1.807, 2.05) is 32.0 Å². The number of aryl methyl sites for hydroxylation is 2. The molecule has 6 rings (SSSR count). The van der Waals surface area contributed by atoms with E-state index >= 15 is 0 Å². The summed E-state index contributed by atoms with van der Waals surface area (Å²) >= 11 is 0. The predicted octanol–water partition coefficient (Wildman–Crippen LogP) is 4.52. The van der Waals surface area contributed by atoms with Gasteiger partial charge in [-0.05, 0) is 88.3 Å². The monoisotopic (exact) mass is 378 g/mol. The van der Waals surface area contributed by atoms with E-state index in [1.165, 1.54) is 38.5 Å². The molecule has 4 saturated carbocycles. The van der Waals surface area contributed by atoms with Gasteiger partial charge in [0.2, 0.25) is 5.91 Å². The first-order valence-electron chi connectivity index (χ1n) is 10.7.